The average molecular weight is 701 g/mol. The molecular weight excluding hydrogens is 662 g/mol. The van der Waals surface area contributed by atoms with Gasteiger partial charge in [-0.05, 0) is 117 Å². The van der Waals surface area contributed by atoms with Gasteiger partial charge in [-0.3, -0.25) is 4.79 Å². The van der Waals surface area contributed by atoms with Crippen LogP contribution in [0.15, 0.2) is 97.1 Å². The fourth-order valence-electron chi connectivity index (χ4n) is 4.90. The third kappa shape index (κ3) is 12.5. The van der Waals surface area contributed by atoms with E-state index in [1.807, 2.05) is 0 Å². The lowest BCUT2D eigenvalue weighted by molar-refractivity contribution is 0.0420. The Kier molecular flexibility index (Phi) is 15.6. The standard InChI is InChI=1S/C20H18FNO2.C15H9FO2.C5H11NO.ClH/c21-19-4-2-1-3-16(19)8-5-14-6-9-17(10-7-14)20(24)22-13-15-11-18(23)12-15;16-14-4-2-1-3-12(14)8-5-11-6-9-13(10-7-11)15(17)18;6-3-4-1-5(7)2-4;/h1-4,6-7,9-10,15,18,23H,11-13H2,(H,22,24);1-4,6-7,9-10H,(H,17,18);4-5,7H,1-3,6H2;1H. The van der Waals surface area contributed by atoms with Gasteiger partial charge in [-0.15, -0.1) is 12.4 Å². The van der Waals surface area contributed by atoms with Crippen molar-refractivity contribution in [2.45, 2.75) is 37.9 Å². The highest BCUT2D eigenvalue weighted by Gasteiger charge is 2.27. The van der Waals surface area contributed by atoms with Crippen LogP contribution in [0.2, 0.25) is 0 Å². The van der Waals surface area contributed by atoms with E-state index in [0.29, 0.717) is 40.6 Å². The number of carboxylic acids is 1. The van der Waals surface area contributed by atoms with Crippen molar-refractivity contribution in [1.29, 1.82) is 0 Å². The van der Waals surface area contributed by atoms with Gasteiger partial charge in [0.25, 0.3) is 5.91 Å². The predicted molar refractivity (Wildman–Crippen MR) is 191 cm³/mol. The van der Waals surface area contributed by atoms with Gasteiger partial charge in [-0.25, -0.2) is 13.6 Å². The number of hydrogen-bond acceptors (Lipinski definition) is 5. The van der Waals surface area contributed by atoms with Crippen molar-refractivity contribution in [1.82, 2.24) is 5.32 Å². The molecule has 10 heteroatoms. The molecule has 2 aliphatic rings. The number of aromatic carboxylic acids is 1. The Labute approximate surface area is 297 Å². The summed E-state index contributed by atoms with van der Waals surface area (Å²) in [5.41, 5.74) is 8.08. The van der Waals surface area contributed by atoms with Gasteiger partial charge in [0.05, 0.1) is 28.9 Å². The van der Waals surface area contributed by atoms with Crippen molar-refractivity contribution < 1.29 is 33.7 Å². The zero-order valence-electron chi connectivity index (χ0n) is 27.2. The first kappa shape index (κ1) is 39.4. The molecule has 1 amide bonds. The molecule has 0 heterocycles. The second kappa shape index (κ2) is 19.8. The maximum Gasteiger partial charge on any atom is 0.335 e. The summed E-state index contributed by atoms with van der Waals surface area (Å²) in [5.74, 6) is 10.3. The number of hydrogen-bond donors (Lipinski definition) is 5. The summed E-state index contributed by atoms with van der Waals surface area (Å²) in [6.07, 6.45) is 3.12. The number of halogens is 3. The Hall–Kier alpha value is -5.03. The summed E-state index contributed by atoms with van der Waals surface area (Å²) in [5, 5.41) is 29.5. The molecule has 6 rings (SSSR count). The minimum Gasteiger partial charge on any atom is -0.478 e. The highest BCUT2D eigenvalue weighted by molar-refractivity contribution is 5.94. The van der Waals surface area contributed by atoms with Crippen LogP contribution >= 0.6 is 12.4 Å². The van der Waals surface area contributed by atoms with Crippen LogP contribution in [0, 0.1) is 47.2 Å². The smallest absolute Gasteiger partial charge is 0.335 e. The van der Waals surface area contributed by atoms with Crippen LogP contribution in [-0.2, 0) is 0 Å². The number of amides is 1. The first-order valence-electron chi connectivity index (χ1n) is 15.9. The van der Waals surface area contributed by atoms with E-state index in [9.17, 15) is 23.5 Å². The normalized spacial score (nSPS) is 18.1. The lowest BCUT2D eigenvalue weighted by Gasteiger charge is -2.31. The minimum absolute atomic E-state index is 0. The number of benzene rings is 4. The number of carbonyl (C=O) groups excluding carboxylic acids is 1. The fourth-order valence-corrected chi connectivity index (χ4v) is 4.90. The molecule has 2 saturated carbocycles. The molecule has 0 aromatic heterocycles. The molecule has 0 radical (unpaired) electrons. The molecule has 2 fully saturated rings. The number of rotatable bonds is 5. The quantitative estimate of drug-likeness (QED) is 0.168. The third-order valence-corrected chi connectivity index (χ3v) is 8.02. The first-order valence-corrected chi connectivity index (χ1v) is 15.9. The Balaban J connectivity index is 0.000000228. The van der Waals surface area contributed by atoms with E-state index >= 15 is 0 Å². The Morgan fingerprint density at radius 1 is 0.660 bits per heavy atom. The van der Waals surface area contributed by atoms with Crippen LogP contribution in [0.25, 0.3) is 0 Å². The van der Waals surface area contributed by atoms with Crippen molar-refractivity contribution >= 4 is 24.3 Å². The summed E-state index contributed by atoms with van der Waals surface area (Å²) in [7, 11) is 0. The fraction of sp³-hybridized carbons (Fsp3) is 0.250. The lowest BCUT2D eigenvalue weighted by atomic mass is 9.82. The third-order valence-electron chi connectivity index (χ3n) is 8.02. The van der Waals surface area contributed by atoms with Crippen LogP contribution in [0.3, 0.4) is 0 Å². The van der Waals surface area contributed by atoms with Gasteiger partial charge < -0.3 is 26.4 Å². The van der Waals surface area contributed by atoms with Crippen molar-refractivity contribution in [3.8, 4) is 23.7 Å². The SMILES string of the molecule is Cl.NCC1CC(O)C1.O=C(NCC1CC(O)C1)c1ccc(C#Cc2ccccc2F)cc1.O=C(O)c1ccc(C#Cc2ccccc2F)cc1. The molecule has 0 bridgehead atoms. The minimum atomic E-state index is -0.983. The zero-order valence-corrected chi connectivity index (χ0v) is 28.0. The highest BCUT2D eigenvalue weighted by Crippen LogP contribution is 2.26. The van der Waals surface area contributed by atoms with Gasteiger partial charge in [0.15, 0.2) is 0 Å². The summed E-state index contributed by atoms with van der Waals surface area (Å²) in [6.45, 7) is 1.34. The van der Waals surface area contributed by atoms with E-state index in [4.69, 9.17) is 15.9 Å². The van der Waals surface area contributed by atoms with Gasteiger partial charge in [0, 0.05) is 23.2 Å². The molecule has 260 valence electrons. The molecule has 2 aliphatic carbocycles. The van der Waals surface area contributed by atoms with Crippen LogP contribution in [-0.4, -0.2) is 52.5 Å². The Bertz CT molecular complexity index is 1830. The van der Waals surface area contributed by atoms with Crippen LogP contribution < -0.4 is 11.1 Å². The summed E-state index contributed by atoms with van der Waals surface area (Å²) >= 11 is 0. The van der Waals surface area contributed by atoms with E-state index in [1.165, 1.54) is 24.3 Å². The van der Waals surface area contributed by atoms with Gasteiger partial charge in [-0.2, -0.15) is 0 Å². The monoisotopic (exact) mass is 700 g/mol. The molecule has 0 unspecified atom stereocenters. The average Bonchev–Trinajstić information content (AvgIpc) is 3.08. The van der Waals surface area contributed by atoms with Gasteiger partial charge in [-0.1, -0.05) is 47.9 Å². The molecule has 4 aromatic carbocycles. The number of aliphatic hydroxyl groups is 2. The van der Waals surface area contributed by atoms with Gasteiger partial charge in [0.2, 0.25) is 0 Å². The molecule has 7 nitrogen and oxygen atoms in total. The summed E-state index contributed by atoms with van der Waals surface area (Å²) in [6, 6.07) is 25.6. The molecule has 0 aliphatic heterocycles. The largest absolute Gasteiger partial charge is 0.478 e. The van der Waals surface area contributed by atoms with Crippen molar-refractivity contribution in [3.05, 3.63) is 142 Å². The zero-order chi connectivity index (χ0) is 35.2. The van der Waals surface area contributed by atoms with E-state index in [0.717, 1.165) is 37.8 Å². The van der Waals surface area contributed by atoms with E-state index in [2.05, 4.69) is 29.0 Å². The Morgan fingerprint density at radius 3 is 1.46 bits per heavy atom. The second-order valence-electron chi connectivity index (χ2n) is 11.8. The maximum atomic E-state index is 13.5. The molecule has 4 aromatic rings. The molecule has 0 atom stereocenters. The summed E-state index contributed by atoms with van der Waals surface area (Å²) < 4.78 is 26.8. The number of nitrogens with one attached hydrogen (secondary N) is 1. The first-order chi connectivity index (χ1) is 23.6. The number of nitrogens with two attached hydrogens (primary N) is 1. The van der Waals surface area contributed by atoms with Crippen molar-refractivity contribution in [3.63, 3.8) is 0 Å². The van der Waals surface area contributed by atoms with Crippen molar-refractivity contribution in [2.24, 2.45) is 17.6 Å². The molecule has 0 spiro atoms. The van der Waals surface area contributed by atoms with Crippen LogP contribution in [0.1, 0.15) is 68.7 Å². The Morgan fingerprint density at radius 2 is 1.08 bits per heavy atom. The van der Waals surface area contributed by atoms with E-state index in [-0.39, 0.29) is 47.7 Å². The van der Waals surface area contributed by atoms with Crippen molar-refractivity contribution in [2.75, 3.05) is 13.1 Å². The lowest BCUT2D eigenvalue weighted by Crippen LogP contribution is -2.38. The van der Waals surface area contributed by atoms with Crippen LogP contribution in [0.4, 0.5) is 8.78 Å². The van der Waals surface area contributed by atoms with Gasteiger partial charge >= 0.3 is 5.97 Å². The molecule has 0 saturated heterocycles. The second-order valence-corrected chi connectivity index (χ2v) is 11.8. The number of carbonyl (C=O) groups is 2. The van der Waals surface area contributed by atoms with E-state index in [1.54, 1.807) is 72.8 Å². The maximum absolute atomic E-state index is 13.5. The molecule has 6 N–H and O–H groups in total. The van der Waals surface area contributed by atoms with E-state index < -0.39 is 5.97 Å². The number of carboxylic acid groups (broad SMARTS) is 1. The van der Waals surface area contributed by atoms with Crippen LogP contribution in [0.5, 0.6) is 0 Å². The molecule has 50 heavy (non-hydrogen) atoms. The highest BCUT2D eigenvalue weighted by atomic mass is 35.5. The topological polar surface area (TPSA) is 133 Å². The molecular formula is C40H39ClF2N2O5. The number of aliphatic hydroxyl groups excluding tert-OH is 2. The predicted octanol–water partition coefficient (Wildman–Crippen LogP) is 5.79. The summed E-state index contributed by atoms with van der Waals surface area (Å²) in [4.78, 5) is 22.7. The van der Waals surface area contributed by atoms with Gasteiger partial charge in [0.1, 0.15) is 11.6 Å².